The molecule has 2 atom stereocenters. The van der Waals surface area contributed by atoms with Gasteiger partial charge in [-0.05, 0) is 35.1 Å². The van der Waals surface area contributed by atoms with E-state index >= 15 is 0 Å². The van der Waals surface area contributed by atoms with Gasteiger partial charge in [0, 0.05) is 44.2 Å². The third-order valence-electron chi connectivity index (χ3n) is 6.95. The zero-order chi connectivity index (χ0) is 23.2. The molecule has 1 aliphatic heterocycles. The summed E-state index contributed by atoms with van der Waals surface area (Å²) in [5.74, 6) is 0.685. The van der Waals surface area contributed by atoms with E-state index in [0.717, 1.165) is 68.3 Å². The van der Waals surface area contributed by atoms with E-state index < -0.39 is 6.10 Å². The summed E-state index contributed by atoms with van der Waals surface area (Å²) in [5.41, 5.74) is 9.23. The molecular formula is C28H37N3O2. The molecule has 0 amide bonds. The third kappa shape index (κ3) is 5.49. The summed E-state index contributed by atoms with van der Waals surface area (Å²) in [6.07, 6.45) is 2.72. The van der Waals surface area contributed by atoms with Crippen LogP contribution in [0.25, 0.3) is 10.8 Å². The van der Waals surface area contributed by atoms with E-state index in [0.29, 0.717) is 11.4 Å². The number of aliphatic hydroxyl groups excluding tert-OH is 1. The van der Waals surface area contributed by atoms with Crippen LogP contribution in [0.5, 0.6) is 5.75 Å². The first-order chi connectivity index (χ1) is 16.1. The largest absolute Gasteiger partial charge is 0.495 e. The molecule has 0 spiro atoms. The minimum absolute atomic E-state index is 0.122. The summed E-state index contributed by atoms with van der Waals surface area (Å²) >= 11 is 0. The second-order valence-electron chi connectivity index (χ2n) is 9.11. The van der Waals surface area contributed by atoms with Crippen LogP contribution in [0.3, 0.4) is 0 Å². The van der Waals surface area contributed by atoms with Crippen molar-refractivity contribution in [3.63, 3.8) is 0 Å². The molecule has 1 fully saturated rings. The van der Waals surface area contributed by atoms with E-state index in [9.17, 15) is 5.11 Å². The normalized spacial score (nSPS) is 17.2. The van der Waals surface area contributed by atoms with Crippen LogP contribution in [0.1, 0.15) is 43.4 Å². The van der Waals surface area contributed by atoms with E-state index in [2.05, 4.69) is 53.1 Å². The number of rotatable bonds is 9. The molecule has 1 aliphatic rings. The number of benzene rings is 3. The summed E-state index contributed by atoms with van der Waals surface area (Å²) in [5, 5.41) is 13.5. The lowest BCUT2D eigenvalue weighted by atomic mass is 9.93. The van der Waals surface area contributed by atoms with Crippen molar-refractivity contribution in [1.82, 2.24) is 9.80 Å². The Hall–Kier alpha value is -2.60. The Morgan fingerprint density at radius 2 is 1.76 bits per heavy atom. The SMILES string of the molecule is CCCCC(C(O)c1ccc2c(N)c(OC)ccc2c1)N1CCN(Cc2ccccc2)CC1. The highest BCUT2D eigenvalue weighted by Gasteiger charge is 2.30. The van der Waals surface area contributed by atoms with Gasteiger partial charge in [-0.3, -0.25) is 9.80 Å². The van der Waals surface area contributed by atoms with Crippen LogP contribution in [-0.4, -0.2) is 54.2 Å². The van der Waals surface area contributed by atoms with Crippen LogP contribution in [0.4, 0.5) is 5.69 Å². The molecule has 2 unspecified atom stereocenters. The first-order valence-corrected chi connectivity index (χ1v) is 12.1. The van der Waals surface area contributed by atoms with E-state index in [4.69, 9.17) is 10.5 Å². The van der Waals surface area contributed by atoms with E-state index in [-0.39, 0.29) is 6.04 Å². The molecule has 4 rings (SSSR count). The lowest BCUT2D eigenvalue weighted by molar-refractivity contribution is 0.0113. The Morgan fingerprint density at radius 1 is 1.00 bits per heavy atom. The fourth-order valence-electron chi connectivity index (χ4n) is 4.98. The maximum Gasteiger partial charge on any atom is 0.142 e. The standard InChI is InChI=1S/C28H37N3O2/c1-3-4-10-25(31-17-15-30(16-18-31)20-21-8-6-5-7-9-21)28(32)23-11-13-24-22(19-23)12-14-26(33-2)27(24)29/h5-9,11-14,19,25,28,32H,3-4,10,15-18,20,29H2,1-2H3. The van der Waals surface area contributed by atoms with Gasteiger partial charge in [0.1, 0.15) is 5.75 Å². The van der Waals surface area contributed by atoms with Gasteiger partial charge < -0.3 is 15.6 Å². The molecule has 5 nitrogen and oxygen atoms in total. The first kappa shape index (κ1) is 23.6. The van der Waals surface area contributed by atoms with Gasteiger partial charge in [0.15, 0.2) is 0 Å². The molecule has 33 heavy (non-hydrogen) atoms. The van der Waals surface area contributed by atoms with Crippen molar-refractivity contribution in [1.29, 1.82) is 0 Å². The van der Waals surface area contributed by atoms with Crippen LogP contribution in [-0.2, 0) is 6.54 Å². The van der Waals surface area contributed by atoms with Crippen molar-refractivity contribution in [2.45, 2.75) is 44.9 Å². The number of nitrogen functional groups attached to an aromatic ring is 1. The van der Waals surface area contributed by atoms with Gasteiger partial charge in [-0.1, -0.05) is 68.3 Å². The second kappa shape index (κ2) is 11.0. The molecule has 1 heterocycles. The Balaban J connectivity index is 1.47. The Labute approximate surface area is 197 Å². The topological polar surface area (TPSA) is 62.0 Å². The molecule has 5 heteroatoms. The molecule has 3 aromatic rings. The average molecular weight is 448 g/mol. The molecular weight excluding hydrogens is 410 g/mol. The van der Waals surface area contributed by atoms with Crippen molar-refractivity contribution in [3.05, 3.63) is 71.8 Å². The van der Waals surface area contributed by atoms with Gasteiger partial charge in [0.25, 0.3) is 0 Å². The Kier molecular flexibility index (Phi) is 7.86. The number of aliphatic hydroxyl groups is 1. The zero-order valence-electron chi connectivity index (χ0n) is 19.9. The van der Waals surface area contributed by atoms with Crippen LogP contribution in [0.15, 0.2) is 60.7 Å². The van der Waals surface area contributed by atoms with Gasteiger partial charge in [0.2, 0.25) is 0 Å². The van der Waals surface area contributed by atoms with Crippen LogP contribution < -0.4 is 10.5 Å². The zero-order valence-corrected chi connectivity index (χ0v) is 19.9. The van der Waals surface area contributed by atoms with Gasteiger partial charge >= 0.3 is 0 Å². The highest BCUT2D eigenvalue weighted by molar-refractivity contribution is 5.96. The lowest BCUT2D eigenvalue weighted by Crippen LogP contribution is -2.51. The number of nitrogens with zero attached hydrogens (tertiary/aromatic N) is 2. The van der Waals surface area contributed by atoms with Crippen molar-refractivity contribution in [2.24, 2.45) is 0 Å². The summed E-state index contributed by atoms with van der Waals surface area (Å²) in [7, 11) is 1.63. The number of hydrogen-bond acceptors (Lipinski definition) is 5. The molecule has 0 saturated carbocycles. The second-order valence-corrected chi connectivity index (χ2v) is 9.11. The molecule has 0 aliphatic carbocycles. The molecule has 1 saturated heterocycles. The lowest BCUT2D eigenvalue weighted by Gasteiger charge is -2.41. The summed E-state index contributed by atoms with van der Waals surface area (Å²) in [6, 6.07) is 20.8. The average Bonchev–Trinajstić information content (AvgIpc) is 2.86. The minimum atomic E-state index is -0.523. The Morgan fingerprint density at radius 3 is 2.45 bits per heavy atom. The van der Waals surface area contributed by atoms with Gasteiger partial charge in [0.05, 0.1) is 18.9 Å². The number of hydrogen-bond donors (Lipinski definition) is 2. The predicted molar refractivity (Wildman–Crippen MR) is 136 cm³/mol. The van der Waals surface area contributed by atoms with Gasteiger partial charge in [-0.15, -0.1) is 0 Å². The summed E-state index contributed by atoms with van der Waals surface area (Å²) in [4.78, 5) is 5.01. The summed E-state index contributed by atoms with van der Waals surface area (Å²) < 4.78 is 5.35. The number of piperazine rings is 1. The van der Waals surface area contributed by atoms with Crippen molar-refractivity contribution in [3.8, 4) is 5.75 Å². The third-order valence-corrected chi connectivity index (χ3v) is 6.95. The number of ether oxygens (including phenoxy) is 1. The minimum Gasteiger partial charge on any atom is -0.495 e. The number of anilines is 1. The number of methoxy groups -OCH3 is 1. The maximum atomic E-state index is 11.5. The predicted octanol–water partition coefficient (Wildman–Crippen LogP) is 4.84. The van der Waals surface area contributed by atoms with E-state index in [1.165, 1.54) is 5.56 Å². The molecule has 0 radical (unpaired) electrons. The molecule has 3 N–H and O–H groups in total. The van der Waals surface area contributed by atoms with Crippen LogP contribution in [0, 0.1) is 0 Å². The van der Waals surface area contributed by atoms with Crippen molar-refractivity contribution < 1.29 is 9.84 Å². The molecule has 0 aromatic heterocycles. The number of unbranched alkanes of at least 4 members (excludes halogenated alkanes) is 1. The monoisotopic (exact) mass is 447 g/mol. The van der Waals surface area contributed by atoms with Crippen molar-refractivity contribution in [2.75, 3.05) is 39.0 Å². The van der Waals surface area contributed by atoms with Crippen LogP contribution in [0.2, 0.25) is 0 Å². The molecule has 0 bridgehead atoms. The smallest absolute Gasteiger partial charge is 0.142 e. The Bertz CT molecular complexity index is 1030. The van der Waals surface area contributed by atoms with Crippen LogP contribution >= 0.6 is 0 Å². The van der Waals surface area contributed by atoms with Gasteiger partial charge in [-0.2, -0.15) is 0 Å². The number of fused-ring (bicyclic) bond motifs is 1. The summed E-state index contributed by atoms with van der Waals surface area (Å²) in [6.45, 7) is 7.22. The van der Waals surface area contributed by atoms with Gasteiger partial charge in [-0.25, -0.2) is 0 Å². The fraction of sp³-hybridized carbons (Fsp3) is 0.429. The van der Waals surface area contributed by atoms with E-state index in [1.54, 1.807) is 7.11 Å². The highest BCUT2D eigenvalue weighted by Crippen LogP contribution is 2.34. The highest BCUT2D eigenvalue weighted by atomic mass is 16.5. The first-order valence-electron chi connectivity index (χ1n) is 12.1. The molecule has 3 aromatic carbocycles. The molecule has 176 valence electrons. The van der Waals surface area contributed by atoms with E-state index in [1.807, 2.05) is 24.3 Å². The quantitative estimate of drug-likeness (QED) is 0.460. The number of nitrogens with two attached hydrogens (primary N) is 1. The maximum absolute atomic E-state index is 11.5. The fourth-order valence-corrected chi connectivity index (χ4v) is 4.98. The van der Waals surface area contributed by atoms with Crippen molar-refractivity contribution >= 4 is 16.5 Å².